The van der Waals surface area contributed by atoms with Crippen LogP contribution in [-0.4, -0.2) is 96.0 Å². The van der Waals surface area contributed by atoms with Crippen LogP contribution in [0.2, 0.25) is 0 Å². The zero-order valence-corrected chi connectivity index (χ0v) is 27.8. The topological polar surface area (TPSA) is 151 Å². The first kappa shape index (κ1) is 34.6. The van der Waals surface area contributed by atoms with Crippen molar-refractivity contribution in [2.75, 3.05) is 26.8 Å². The molecule has 0 spiro atoms. The van der Waals surface area contributed by atoms with Crippen LogP contribution in [0.5, 0.6) is 0 Å². The summed E-state index contributed by atoms with van der Waals surface area (Å²) in [7, 11) is 1.56. The first-order valence-corrected chi connectivity index (χ1v) is 17.2. The van der Waals surface area contributed by atoms with E-state index in [1.807, 2.05) is 43.0 Å². The predicted molar refractivity (Wildman–Crippen MR) is 175 cm³/mol. The number of nitrogens with zero attached hydrogens (tertiary/aromatic N) is 2. The zero-order valence-electron chi connectivity index (χ0n) is 27.8. The Morgan fingerprint density at radius 2 is 1.74 bits per heavy atom. The number of nitrogens with one attached hydrogen (secondary N) is 3. The molecule has 1 aromatic heterocycles. The van der Waals surface area contributed by atoms with E-state index < -0.39 is 36.0 Å². The molecular weight excluding hydrogens is 602 g/mol. The molecule has 3 amide bonds. The van der Waals surface area contributed by atoms with E-state index in [1.165, 1.54) is 0 Å². The lowest BCUT2D eigenvalue weighted by Gasteiger charge is -2.36. The molecule has 12 heteroatoms. The van der Waals surface area contributed by atoms with Gasteiger partial charge in [0.05, 0.1) is 30.8 Å². The molecule has 47 heavy (non-hydrogen) atoms. The number of epoxide rings is 1. The highest BCUT2D eigenvalue weighted by Crippen LogP contribution is 2.24. The lowest BCUT2D eigenvalue weighted by molar-refractivity contribution is -0.134. The molecule has 0 saturated carbocycles. The number of Topliss-reactive ketones (excluding diaryl/α,β-unsaturated/α-hetero) is 2. The van der Waals surface area contributed by atoms with E-state index in [1.54, 1.807) is 18.0 Å². The molecule has 3 aliphatic rings. The van der Waals surface area contributed by atoms with Crippen LogP contribution in [0.3, 0.4) is 0 Å². The second kappa shape index (κ2) is 15.9. The summed E-state index contributed by atoms with van der Waals surface area (Å²) in [5.41, 5.74) is 1.61. The summed E-state index contributed by atoms with van der Waals surface area (Å²) in [5.74, 6) is -1.38. The molecule has 1 unspecified atom stereocenters. The lowest BCUT2D eigenvalue weighted by atomic mass is 9.93. The van der Waals surface area contributed by atoms with Crippen molar-refractivity contribution in [2.24, 2.45) is 5.92 Å². The van der Waals surface area contributed by atoms with Gasteiger partial charge >= 0.3 is 0 Å². The van der Waals surface area contributed by atoms with Gasteiger partial charge in [0.2, 0.25) is 17.7 Å². The number of piperidine rings is 1. The molecule has 0 bridgehead atoms. The Morgan fingerprint density at radius 1 is 1.00 bits per heavy atom. The Bertz CT molecular complexity index is 1450. The summed E-state index contributed by atoms with van der Waals surface area (Å²) in [6.45, 7) is 5.04. The minimum Gasteiger partial charge on any atom is -0.417 e. The smallest absolute Gasteiger partial charge is 0.243 e. The third-order valence-electron chi connectivity index (χ3n) is 9.89. The van der Waals surface area contributed by atoms with Gasteiger partial charge in [-0.2, -0.15) is 4.73 Å². The van der Waals surface area contributed by atoms with Crippen molar-refractivity contribution in [3.63, 3.8) is 0 Å². The molecule has 4 heterocycles. The maximum atomic E-state index is 14.1. The normalized spacial score (nSPS) is 26.6. The second-order valence-electron chi connectivity index (χ2n) is 13.2. The summed E-state index contributed by atoms with van der Waals surface area (Å²) >= 11 is 0. The van der Waals surface area contributed by atoms with E-state index in [4.69, 9.17) is 9.57 Å². The number of carbonyl (C=O) groups is 5. The number of para-hydroxylation sites is 1. The van der Waals surface area contributed by atoms with Gasteiger partial charge in [0, 0.05) is 24.4 Å². The molecule has 256 valence electrons. The van der Waals surface area contributed by atoms with Crippen molar-refractivity contribution in [1.29, 1.82) is 0 Å². The Morgan fingerprint density at radius 3 is 2.49 bits per heavy atom. The van der Waals surface area contributed by atoms with E-state index >= 15 is 0 Å². The Hall–Kier alpha value is -3.77. The number of ketones is 2. The Labute approximate surface area is 276 Å². The van der Waals surface area contributed by atoms with Crippen LogP contribution < -0.4 is 20.8 Å². The van der Waals surface area contributed by atoms with Crippen molar-refractivity contribution in [1.82, 2.24) is 25.6 Å². The van der Waals surface area contributed by atoms with Gasteiger partial charge in [-0.3, -0.25) is 28.9 Å². The molecule has 0 aliphatic carbocycles. The van der Waals surface area contributed by atoms with Gasteiger partial charge in [-0.15, -0.1) is 0 Å². The van der Waals surface area contributed by atoms with Crippen LogP contribution in [0.25, 0.3) is 10.9 Å². The van der Waals surface area contributed by atoms with Gasteiger partial charge in [0.15, 0.2) is 11.6 Å². The number of fused-ring (bicyclic) bond motifs is 2. The largest absolute Gasteiger partial charge is 0.417 e. The van der Waals surface area contributed by atoms with Crippen molar-refractivity contribution in [2.45, 2.75) is 108 Å². The number of amides is 3. The average Bonchev–Trinajstić information content (AvgIpc) is 3.87. The zero-order chi connectivity index (χ0) is 33.5. The van der Waals surface area contributed by atoms with Gasteiger partial charge < -0.3 is 25.5 Å². The van der Waals surface area contributed by atoms with Crippen molar-refractivity contribution < 1.29 is 33.5 Å². The van der Waals surface area contributed by atoms with Crippen molar-refractivity contribution in [3.05, 3.63) is 36.0 Å². The SMILES string of the molecule is CC[C@H](C)[C@@H]1NC(=O)[C@H](Cc2cn(OC)c3ccccc23)NC(=O)[C@H](CCCCCC(=O)C2CO2)NC(=O)[C@H]2CCCCN2CC1=O. The first-order chi connectivity index (χ1) is 22.7. The minimum absolute atomic E-state index is 0.0458. The highest BCUT2D eigenvalue weighted by atomic mass is 16.6. The fourth-order valence-electron chi connectivity index (χ4n) is 6.79. The van der Waals surface area contributed by atoms with Crippen LogP contribution >= 0.6 is 0 Å². The molecule has 2 aromatic rings. The number of benzene rings is 1. The molecule has 5 rings (SSSR count). The molecule has 0 radical (unpaired) electrons. The molecule has 3 fully saturated rings. The Kier molecular flexibility index (Phi) is 11.7. The molecular formula is C35H49N5O7. The second-order valence-corrected chi connectivity index (χ2v) is 13.2. The maximum absolute atomic E-state index is 14.1. The van der Waals surface area contributed by atoms with Gasteiger partial charge in [0.25, 0.3) is 0 Å². The van der Waals surface area contributed by atoms with Crippen LogP contribution in [0.4, 0.5) is 0 Å². The number of hydrogen-bond donors (Lipinski definition) is 3. The molecule has 6 atom stereocenters. The fourth-order valence-corrected chi connectivity index (χ4v) is 6.79. The highest BCUT2D eigenvalue weighted by Gasteiger charge is 2.38. The van der Waals surface area contributed by atoms with Crippen molar-refractivity contribution >= 4 is 40.2 Å². The standard InChI is InChI=1S/C35H49N5O7/c1-4-22(2)32-30(42)20-39-17-11-10-15-28(39)35(45)36-25(13-6-5-7-16-29(41)31-21-47-31)33(43)37-26(34(44)38-32)18-23-19-40(46-3)27-14-9-8-12-24(23)27/h8-9,12,14,19,22,25-26,28,31-32H,4-7,10-11,13,15-18,20-21H2,1-3H3,(H,36,45)(H,37,43)(H,38,44)/t22-,25-,26-,28+,31?,32-/m0/s1. The van der Waals surface area contributed by atoms with E-state index in [0.29, 0.717) is 58.1 Å². The summed E-state index contributed by atoms with van der Waals surface area (Å²) in [5, 5.41) is 9.82. The fraction of sp³-hybridized carbons (Fsp3) is 0.629. The highest BCUT2D eigenvalue weighted by molar-refractivity contribution is 5.97. The van der Waals surface area contributed by atoms with E-state index in [-0.39, 0.29) is 42.5 Å². The third-order valence-corrected chi connectivity index (χ3v) is 9.89. The van der Waals surface area contributed by atoms with Crippen LogP contribution in [0.15, 0.2) is 30.5 Å². The van der Waals surface area contributed by atoms with Gasteiger partial charge in [0.1, 0.15) is 25.3 Å². The molecule has 3 N–H and O–H groups in total. The third kappa shape index (κ3) is 8.58. The number of rotatable bonds is 12. The summed E-state index contributed by atoms with van der Waals surface area (Å²) in [6.07, 6.45) is 7.42. The van der Waals surface area contributed by atoms with E-state index in [2.05, 4.69) is 16.0 Å². The lowest BCUT2D eigenvalue weighted by Crippen LogP contribution is -2.57. The van der Waals surface area contributed by atoms with Crippen LogP contribution in [0.1, 0.15) is 77.2 Å². The summed E-state index contributed by atoms with van der Waals surface area (Å²) in [4.78, 5) is 75.1. The van der Waals surface area contributed by atoms with E-state index in [9.17, 15) is 24.0 Å². The molecule has 3 saturated heterocycles. The van der Waals surface area contributed by atoms with Gasteiger partial charge in [-0.25, -0.2) is 0 Å². The summed E-state index contributed by atoms with van der Waals surface area (Å²) in [6, 6.07) is 4.44. The molecule has 3 aliphatic heterocycles. The van der Waals surface area contributed by atoms with Crippen molar-refractivity contribution in [3.8, 4) is 0 Å². The van der Waals surface area contributed by atoms with Gasteiger partial charge in [-0.05, 0) is 49.8 Å². The predicted octanol–water partition coefficient (Wildman–Crippen LogP) is 2.10. The number of ether oxygens (including phenoxy) is 1. The van der Waals surface area contributed by atoms with E-state index in [0.717, 1.165) is 29.3 Å². The summed E-state index contributed by atoms with van der Waals surface area (Å²) < 4.78 is 6.70. The number of carbonyl (C=O) groups excluding carboxylic acids is 5. The minimum atomic E-state index is -1.02. The average molecular weight is 652 g/mol. The van der Waals surface area contributed by atoms with Gasteiger partial charge in [-0.1, -0.05) is 57.7 Å². The number of aromatic nitrogens is 1. The van der Waals surface area contributed by atoms with Crippen LogP contribution in [0, 0.1) is 5.92 Å². The quantitative estimate of drug-likeness (QED) is 0.233. The van der Waals surface area contributed by atoms with Crippen LogP contribution in [-0.2, 0) is 35.1 Å². The maximum Gasteiger partial charge on any atom is 0.243 e. The molecule has 12 nitrogen and oxygen atoms in total. The monoisotopic (exact) mass is 651 g/mol. The number of hydrogen-bond acceptors (Lipinski definition) is 8. The Balaban J connectivity index is 1.42. The first-order valence-electron chi connectivity index (χ1n) is 17.2. The molecule has 1 aromatic carbocycles. The number of unbranched alkanes of at least 4 members (excludes halogenated alkanes) is 2.